The topological polar surface area (TPSA) is 38.1 Å². The summed E-state index contributed by atoms with van der Waals surface area (Å²) in [4.78, 5) is 10.9. The number of halogens is 2. The van der Waals surface area contributed by atoms with Crippen LogP contribution in [0.3, 0.4) is 0 Å². The fourth-order valence-corrected chi connectivity index (χ4v) is 1.45. The van der Waals surface area contributed by atoms with Gasteiger partial charge >= 0.3 is 0 Å². The van der Waals surface area contributed by atoms with Gasteiger partial charge in [0.2, 0.25) is 11.9 Å². The standard InChI is InChI=1S/C12H7F2N3S/c1-7-2-3-8(16-11(7)13)9-4-5-10(15-6-18)12(14)17-9/h2-5H,1H3. The van der Waals surface area contributed by atoms with Gasteiger partial charge < -0.3 is 0 Å². The number of aromatic nitrogens is 2. The van der Waals surface area contributed by atoms with Crippen molar-refractivity contribution >= 4 is 23.1 Å². The molecule has 0 spiro atoms. The van der Waals surface area contributed by atoms with Crippen molar-refractivity contribution in [2.45, 2.75) is 6.92 Å². The first-order valence-electron chi connectivity index (χ1n) is 5.00. The normalized spacial score (nSPS) is 9.94. The molecule has 0 saturated heterocycles. The quantitative estimate of drug-likeness (QED) is 0.473. The lowest BCUT2D eigenvalue weighted by Gasteiger charge is -2.02. The van der Waals surface area contributed by atoms with Crippen LogP contribution in [0.15, 0.2) is 29.3 Å². The summed E-state index contributed by atoms with van der Waals surface area (Å²) in [5.41, 5.74) is 0.895. The number of hydrogen-bond donors (Lipinski definition) is 0. The van der Waals surface area contributed by atoms with Crippen LogP contribution < -0.4 is 0 Å². The highest BCUT2D eigenvalue weighted by atomic mass is 32.1. The molecule has 0 amide bonds. The molecule has 0 saturated carbocycles. The van der Waals surface area contributed by atoms with Crippen LogP contribution in [0, 0.1) is 18.8 Å². The number of rotatable bonds is 2. The highest BCUT2D eigenvalue weighted by Gasteiger charge is 2.08. The average molecular weight is 263 g/mol. The highest BCUT2D eigenvalue weighted by molar-refractivity contribution is 7.78. The molecule has 6 heteroatoms. The van der Waals surface area contributed by atoms with Crippen molar-refractivity contribution in [2.75, 3.05) is 0 Å². The largest absolute Gasteiger partial charge is 0.240 e. The summed E-state index contributed by atoms with van der Waals surface area (Å²) in [6.45, 7) is 1.59. The molecule has 0 N–H and O–H groups in total. The number of thiocarbonyl (C=S) groups is 1. The molecule has 0 aliphatic rings. The van der Waals surface area contributed by atoms with Crippen molar-refractivity contribution in [3.8, 4) is 11.4 Å². The van der Waals surface area contributed by atoms with E-state index in [9.17, 15) is 8.78 Å². The van der Waals surface area contributed by atoms with Gasteiger partial charge in [-0.2, -0.15) is 13.8 Å². The number of nitrogens with zero attached hydrogens (tertiary/aromatic N) is 3. The van der Waals surface area contributed by atoms with Crippen molar-refractivity contribution in [1.29, 1.82) is 0 Å². The lowest BCUT2D eigenvalue weighted by molar-refractivity contribution is 0.573. The van der Waals surface area contributed by atoms with Crippen molar-refractivity contribution in [3.05, 3.63) is 41.7 Å². The maximum Gasteiger partial charge on any atom is 0.240 e. The van der Waals surface area contributed by atoms with Gasteiger partial charge in [-0.15, -0.1) is 0 Å². The van der Waals surface area contributed by atoms with Crippen LogP contribution >= 0.6 is 12.2 Å². The number of aryl methyl sites for hydroxylation is 1. The van der Waals surface area contributed by atoms with Crippen LogP contribution in [0.5, 0.6) is 0 Å². The van der Waals surface area contributed by atoms with E-state index in [0.29, 0.717) is 5.56 Å². The first kappa shape index (κ1) is 12.4. The summed E-state index contributed by atoms with van der Waals surface area (Å²) >= 11 is 4.38. The summed E-state index contributed by atoms with van der Waals surface area (Å²) < 4.78 is 26.8. The Labute approximate surface area is 107 Å². The Balaban J connectivity index is 2.48. The van der Waals surface area contributed by atoms with E-state index in [1.54, 1.807) is 19.1 Å². The van der Waals surface area contributed by atoms with Crippen molar-refractivity contribution in [1.82, 2.24) is 9.97 Å². The molecule has 2 rings (SSSR count). The second kappa shape index (κ2) is 5.08. The molecule has 18 heavy (non-hydrogen) atoms. The van der Waals surface area contributed by atoms with E-state index >= 15 is 0 Å². The molecular formula is C12H7F2N3S. The fraction of sp³-hybridized carbons (Fsp3) is 0.0833. The van der Waals surface area contributed by atoms with Crippen LogP contribution in [0.1, 0.15) is 5.56 Å². The molecule has 0 aromatic carbocycles. The lowest BCUT2D eigenvalue weighted by Crippen LogP contribution is -1.94. The number of hydrogen-bond acceptors (Lipinski definition) is 4. The third-order valence-corrected chi connectivity index (χ3v) is 2.38. The molecule has 0 radical (unpaired) electrons. The second-order valence-electron chi connectivity index (χ2n) is 3.51. The third-order valence-electron chi connectivity index (χ3n) is 2.29. The van der Waals surface area contributed by atoms with Gasteiger partial charge in [-0.3, -0.25) is 0 Å². The van der Waals surface area contributed by atoms with Crippen molar-refractivity contribution < 1.29 is 8.78 Å². The van der Waals surface area contributed by atoms with Gasteiger partial charge in [0, 0.05) is 5.56 Å². The molecule has 2 aromatic heterocycles. The van der Waals surface area contributed by atoms with Gasteiger partial charge in [-0.1, -0.05) is 6.07 Å². The summed E-state index contributed by atoms with van der Waals surface area (Å²) in [6.07, 6.45) is 0. The van der Waals surface area contributed by atoms with Crippen LogP contribution in [0.25, 0.3) is 11.4 Å². The molecule has 0 atom stereocenters. The highest BCUT2D eigenvalue weighted by Crippen LogP contribution is 2.21. The van der Waals surface area contributed by atoms with Gasteiger partial charge in [0.05, 0.1) is 16.5 Å². The maximum absolute atomic E-state index is 13.5. The molecule has 0 aliphatic carbocycles. The molecule has 0 unspecified atom stereocenters. The monoisotopic (exact) mass is 263 g/mol. The predicted molar refractivity (Wildman–Crippen MR) is 66.8 cm³/mol. The molecule has 90 valence electrons. The predicted octanol–water partition coefficient (Wildman–Crippen LogP) is 3.46. The van der Waals surface area contributed by atoms with Gasteiger partial charge in [-0.05, 0) is 37.3 Å². The Kier molecular flexibility index (Phi) is 3.50. The zero-order valence-corrected chi connectivity index (χ0v) is 10.1. The number of pyridine rings is 2. The Morgan fingerprint density at radius 3 is 2.22 bits per heavy atom. The Bertz CT molecular complexity index is 652. The molecule has 2 heterocycles. The molecular weight excluding hydrogens is 256 g/mol. The minimum absolute atomic E-state index is 0.0127. The summed E-state index contributed by atoms with van der Waals surface area (Å²) in [5.74, 6) is -1.40. The first-order chi connectivity index (χ1) is 8.61. The summed E-state index contributed by atoms with van der Waals surface area (Å²) in [6, 6.07) is 6.00. The van der Waals surface area contributed by atoms with E-state index in [1.165, 1.54) is 12.1 Å². The third kappa shape index (κ3) is 2.45. The second-order valence-corrected chi connectivity index (χ2v) is 3.70. The fourth-order valence-electron chi connectivity index (χ4n) is 1.35. The van der Waals surface area contributed by atoms with Crippen molar-refractivity contribution in [2.24, 2.45) is 4.99 Å². The Morgan fingerprint density at radius 1 is 1.06 bits per heavy atom. The Morgan fingerprint density at radius 2 is 1.67 bits per heavy atom. The van der Waals surface area contributed by atoms with E-state index in [0.717, 1.165) is 0 Å². The zero-order valence-electron chi connectivity index (χ0n) is 9.32. The molecule has 2 aromatic rings. The molecule has 3 nitrogen and oxygen atoms in total. The average Bonchev–Trinajstić information content (AvgIpc) is 2.35. The van der Waals surface area contributed by atoms with Gasteiger partial charge in [0.15, 0.2) is 0 Å². The number of isothiocyanates is 1. The molecule has 0 fully saturated rings. The van der Waals surface area contributed by atoms with Crippen LogP contribution in [0.4, 0.5) is 14.5 Å². The smallest absolute Gasteiger partial charge is 0.218 e. The van der Waals surface area contributed by atoms with Gasteiger partial charge in [0.25, 0.3) is 0 Å². The summed E-state index contributed by atoms with van der Waals surface area (Å²) in [5, 5.41) is 2.05. The zero-order chi connectivity index (χ0) is 13.1. The van der Waals surface area contributed by atoms with E-state index in [4.69, 9.17) is 0 Å². The number of aliphatic imine (C=N–C) groups is 1. The van der Waals surface area contributed by atoms with E-state index in [-0.39, 0.29) is 17.1 Å². The van der Waals surface area contributed by atoms with Gasteiger partial charge in [-0.25, -0.2) is 9.97 Å². The van der Waals surface area contributed by atoms with E-state index in [2.05, 4.69) is 32.3 Å². The van der Waals surface area contributed by atoms with Gasteiger partial charge in [0.1, 0.15) is 5.69 Å². The van der Waals surface area contributed by atoms with Crippen LogP contribution in [0.2, 0.25) is 0 Å². The molecule has 0 bridgehead atoms. The van der Waals surface area contributed by atoms with E-state index in [1.807, 2.05) is 0 Å². The van der Waals surface area contributed by atoms with Crippen LogP contribution in [-0.4, -0.2) is 15.1 Å². The first-order valence-corrected chi connectivity index (χ1v) is 5.40. The SMILES string of the molecule is Cc1ccc(-c2ccc(N=C=S)c(F)n2)nc1F. The Hall–Kier alpha value is -2.04. The summed E-state index contributed by atoms with van der Waals surface area (Å²) in [7, 11) is 0. The minimum atomic E-state index is -0.798. The lowest BCUT2D eigenvalue weighted by atomic mass is 10.2. The van der Waals surface area contributed by atoms with E-state index < -0.39 is 11.9 Å². The maximum atomic E-state index is 13.5. The van der Waals surface area contributed by atoms with Crippen LogP contribution in [-0.2, 0) is 0 Å². The molecule has 0 aliphatic heterocycles. The van der Waals surface area contributed by atoms with Crippen molar-refractivity contribution in [3.63, 3.8) is 0 Å². The minimum Gasteiger partial charge on any atom is -0.218 e.